The Balaban J connectivity index is 1.50. The van der Waals surface area contributed by atoms with E-state index < -0.39 is 0 Å². The Bertz CT molecular complexity index is 795. The van der Waals surface area contributed by atoms with E-state index in [9.17, 15) is 4.39 Å². The Labute approximate surface area is 166 Å². The lowest BCUT2D eigenvalue weighted by Crippen LogP contribution is -2.21. The molecule has 3 heteroatoms. The van der Waals surface area contributed by atoms with Crippen molar-refractivity contribution in [1.29, 1.82) is 0 Å². The zero-order chi connectivity index (χ0) is 19.1. The van der Waals surface area contributed by atoms with Crippen molar-refractivity contribution < 1.29 is 9.13 Å². The Kier molecular flexibility index (Phi) is 7.33. The highest BCUT2D eigenvalue weighted by atomic mass is 35.5. The molecule has 0 N–H and O–H groups in total. The smallest absolute Gasteiger partial charge is 0.140 e. The molecule has 0 amide bonds. The third-order valence-electron chi connectivity index (χ3n) is 5.26. The van der Waals surface area contributed by atoms with Crippen molar-refractivity contribution in [2.24, 2.45) is 5.92 Å². The maximum atomic E-state index is 13.8. The maximum absolute atomic E-state index is 13.8. The number of ether oxygens (including phenoxy) is 1. The monoisotopic (exact) mass is 384 g/mol. The van der Waals surface area contributed by atoms with Crippen molar-refractivity contribution in [2.45, 2.75) is 51.6 Å². The first kappa shape index (κ1) is 19.9. The van der Waals surface area contributed by atoms with Crippen LogP contribution in [0.25, 0.3) is 0 Å². The van der Waals surface area contributed by atoms with Crippen LogP contribution < -0.4 is 0 Å². The van der Waals surface area contributed by atoms with Gasteiger partial charge in [-0.15, -0.1) is 0 Å². The lowest BCUT2D eigenvalue weighted by Gasteiger charge is -2.28. The minimum atomic E-state index is -0.384. The van der Waals surface area contributed by atoms with Crippen LogP contribution in [0, 0.1) is 23.6 Å². The van der Waals surface area contributed by atoms with Gasteiger partial charge < -0.3 is 4.74 Å². The Hall–Kier alpha value is -1.82. The van der Waals surface area contributed by atoms with E-state index in [4.69, 9.17) is 16.3 Å². The quantitative estimate of drug-likeness (QED) is 0.541. The van der Waals surface area contributed by atoms with Crippen LogP contribution in [0.5, 0.6) is 0 Å². The van der Waals surface area contributed by atoms with E-state index in [-0.39, 0.29) is 5.82 Å². The highest BCUT2D eigenvalue weighted by molar-refractivity contribution is 6.30. The molecule has 1 fully saturated rings. The molecule has 0 unspecified atom stereocenters. The third-order valence-corrected chi connectivity index (χ3v) is 5.50. The van der Waals surface area contributed by atoms with Crippen LogP contribution >= 0.6 is 11.6 Å². The SMILES string of the molecule is CCOC1CCC(CCc2ccc(C#Cc3ccc(Cl)cc3F)cc2)CC1. The van der Waals surface area contributed by atoms with Gasteiger partial charge in [0.15, 0.2) is 0 Å². The van der Waals surface area contributed by atoms with E-state index in [0.717, 1.165) is 24.5 Å². The lowest BCUT2D eigenvalue weighted by molar-refractivity contribution is 0.0248. The zero-order valence-electron chi connectivity index (χ0n) is 15.8. The average Bonchev–Trinajstić information content (AvgIpc) is 2.68. The molecular weight excluding hydrogens is 359 g/mol. The van der Waals surface area contributed by atoms with Gasteiger partial charge in [0.2, 0.25) is 0 Å². The van der Waals surface area contributed by atoms with Crippen molar-refractivity contribution in [1.82, 2.24) is 0 Å². The van der Waals surface area contributed by atoms with Gasteiger partial charge in [0.05, 0.1) is 11.7 Å². The van der Waals surface area contributed by atoms with Crippen LogP contribution in [0.4, 0.5) is 4.39 Å². The molecular formula is C24H26ClFO. The minimum Gasteiger partial charge on any atom is -0.379 e. The van der Waals surface area contributed by atoms with E-state index in [1.807, 2.05) is 12.1 Å². The van der Waals surface area contributed by atoms with Gasteiger partial charge in [-0.3, -0.25) is 0 Å². The van der Waals surface area contributed by atoms with Gasteiger partial charge in [0.25, 0.3) is 0 Å². The summed E-state index contributed by atoms with van der Waals surface area (Å²) in [5, 5.41) is 0.383. The fourth-order valence-corrected chi connectivity index (χ4v) is 3.84. The van der Waals surface area contributed by atoms with Crippen LogP contribution in [0.15, 0.2) is 42.5 Å². The number of halogens is 2. The zero-order valence-corrected chi connectivity index (χ0v) is 16.6. The number of hydrogen-bond acceptors (Lipinski definition) is 1. The molecule has 0 saturated heterocycles. The molecule has 1 saturated carbocycles. The molecule has 1 nitrogen and oxygen atoms in total. The summed E-state index contributed by atoms with van der Waals surface area (Å²) in [5.74, 6) is 6.33. The van der Waals surface area contributed by atoms with E-state index in [1.54, 1.807) is 12.1 Å². The van der Waals surface area contributed by atoms with Crippen molar-refractivity contribution in [3.8, 4) is 11.8 Å². The molecule has 0 bridgehead atoms. The standard InChI is InChI=1S/C24H26ClFO/c1-2-27-23-15-10-20(11-16-23)8-5-18-3-6-19(7-4-18)9-12-21-13-14-22(25)17-24(21)26/h3-4,6-7,13-14,17,20,23H,2,5,8,10-11,15-16H2,1H3. The average molecular weight is 385 g/mol. The fourth-order valence-electron chi connectivity index (χ4n) is 3.68. The van der Waals surface area contributed by atoms with Crippen molar-refractivity contribution in [2.75, 3.05) is 6.61 Å². The van der Waals surface area contributed by atoms with Crippen LogP contribution in [-0.4, -0.2) is 12.7 Å². The Morgan fingerprint density at radius 1 is 1.04 bits per heavy atom. The first-order valence-corrected chi connectivity index (χ1v) is 10.2. The summed E-state index contributed by atoms with van der Waals surface area (Å²) in [4.78, 5) is 0. The molecule has 1 aliphatic carbocycles. The number of hydrogen-bond donors (Lipinski definition) is 0. The van der Waals surface area contributed by atoms with Gasteiger partial charge in [0, 0.05) is 17.2 Å². The summed E-state index contributed by atoms with van der Waals surface area (Å²) in [6.45, 7) is 2.90. The van der Waals surface area contributed by atoms with Crippen LogP contribution in [0.3, 0.4) is 0 Å². The highest BCUT2D eigenvalue weighted by Crippen LogP contribution is 2.29. The van der Waals surface area contributed by atoms with Gasteiger partial charge in [0.1, 0.15) is 5.82 Å². The maximum Gasteiger partial charge on any atom is 0.140 e. The summed E-state index contributed by atoms with van der Waals surface area (Å²) in [5.41, 5.74) is 2.60. The summed E-state index contributed by atoms with van der Waals surface area (Å²) in [6.07, 6.45) is 7.78. The molecule has 1 aliphatic rings. The van der Waals surface area contributed by atoms with Crippen LogP contribution in [-0.2, 0) is 11.2 Å². The predicted molar refractivity (Wildman–Crippen MR) is 110 cm³/mol. The largest absolute Gasteiger partial charge is 0.379 e. The van der Waals surface area contributed by atoms with Crippen molar-refractivity contribution >= 4 is 11.6 Å². The second-order valence-corrected chi connectivity index (χ2v) is 7.64. The van der Waals surface area contributed by atoms with Gasteiger partial charge in [-0.05, 0) is 87.3 Å². The molecule has 27 heavy (non-hydrogen) atoms. The molecule has 3 rings (SSSR count). The molecule has 2 aromatic rings. The molecule has 0 aromatic heterocycles. The first-order chi connectivity index (χ1) is 13.1. The Morgan fingerprint density at radius 2 is 1.78 bits per heavy atom. The molecule has 0 spiro atoms. The summed E-state index contributed by atoms with van der Waals surface area (Å²) < 4.78 is 19.5. The van der Waals surface area contributed by atoms with E-state index in [2.05, 4.69) is 30.9 Å². The Morgan fingerprint density at radius 3 is 2.44 bits per heavy atom. The fraction of sp³-hybridized carbons (Fsp3) is 0.417. The van der Waals surface area contributed by atoms with Crippen molar-refractivity contribution in [3.63, 3.8) is 0 Å². The second kappa shape index (κ2) is 9.93. The summed E-state index contributed by atoms with van der Waals surface area (Å²) >= 11 is 5.76. The predicted octanol–water partition coefficient (Wildman–Crippen LogP) is 6.41. The number of rotatable bonds is 5. The van der Waals surface area contributed by atoms with E-state index in [1.165, 1.54) is 43.7 Å². The molecule has 0 heterocycles. The third kappa shape index (κ3) is 6.09. The molecule has 142 valence electrons. The van der Waals surface area contributed by atoms with E-state index in [0.29, 0.717) is 16.7 Å². The minimum absolute atomic E-state index is 0.367. The van der Waals surface area contributed by atoms with Gasteiger partial charge in [-0.1, -0.05) is 35.6 Å². The lowest BCUT2D eigenvalue weighted by atomic mass is 9.83. The first-order valence-electron chi connectivity index (χ1n) is 9.81. The molecule has 0 atom stereocenters. The normalized spacial score (nSPS) is 19.4. The van der Waals surface area contributed by atoms with Gasteiger partial charge in [-0.2, -0.15) is 0 Å². The summed E-state index contributed by atoms with van der Waals surface area (Å²) in [7, 11) is 0. The number of benzene rings is 2. The number of aryl methyl sites for hydroxylation is 1. The van der Waals surface area contributed by atoms with Gasteiger partial charge >= 0.3 is 0 Å². The van der Waals surface area contributed by atoms with Crippen LogP contribution in [0.1, 0.15) is 55.7 Å². The summed E-state index contributed by atoms with van der Waals surface area (Å²) in [6, 6.07) is 12.8. The topological polar surface area (TPSA) is 9.23 Å². The van der Waals surface area contributed by atoms with E-state index >= 15 is 0 Å². The highest BCUT2D eigenvalue weighted by Gasteiger charge is 2.20. The van der Waals surface area contributed by atoms with Crippen molar-refractivity contribution in [3.05, 3.63) is 70.0 Å². The van der Waals surface area contributed by atoms with Gasteiger partial charge in [-0.25, -0.2) is 4.39 Å². The molecule has 0 aliphatic heterocycles. The molecule has 0 radical (unpaired) electrons. The second-order valence-electron chi connectivity index (χ2n) is 7.21. The molecule has 2 aromatic carbocycles. The van der Waals surface area contributed by atoms with Crippen LogP contribution in [0.2, 0.25) is 5.02 Å².